The van der Waals surface area contributed by atoms with Gasteiger partial charge >= 0.3 is 0 Å². The molecule has 1 N–H and O–H groups in total. The predicted molar refractivity (Wildman–Crippen MR) is 110 cm³/mol. The van der Waals surface area contributed by atoms with Crippen LogP contribution in [0.5, 0.6) is 0 Å². The molecule has 6 nitrogen and oxygen atoms in total. The number of hydrogen-bond donors (Lipinski definition) is 1. The van der Waals surface area contributed by atoms with Gasteiger partial charge in [-0.1, -0.05) is 31.3 Å². The maximum absolute atomic E-state index is 12.8. The highest BCUT2D eigenvalue weighted by molar-refractivity contribution is 7.17. The number of hydrogen-bond acceptors (Lipinski definition) is 6. The van der Waals surface area contributed by atoms with Crippen LogP contribution in [0.15, 0.2) is 17.5 Å². The molecule has 2 aliphatic rings. The van der Waals surface area contributed by atoms with E-state index in [1.54, 1.807) is 4.90 Å². The molecule has 2 aromatic heterocycles. The number of Topliss-reactive ketones (excluding diaryl/α,β-unsaturated/α-hetero) is 1. The second-order valence-electron chi connectivity index (χ2n) is 8.29. The number of carbonyl (C=O) groups excluding carboxylic acids is 3. The van der Waals surface area contributed by atoms with Gasteiger partial charge in [0.15, 0.2) is 10.9 Å². The molecule has 3 heterocycles. The van der Waals surface area contributed by atoms with Crippen LogP contribution in [0.25, 0.3) is 0 Å². The number of carbonyl (C=O) groups is 3. The Morgan fingerprint density at radius 2 is 2.14 bits per heavy atom. The van der Waals surface area contributed by atoms with Gasteiger partial charge in [0.2, 0.25) is 5.91 Å². The van der Waals surface area contributed by atoms with E-state index in [-0.39, 0.29) is 28.9 Å². The summed E-state index contributed by atoms with van der Waals surface area (Å²) in [5.41, 5.74) is 0.700. The number of nitrogens with zero attached hydrogens (tertiary/aromatic N) is 2. The van der Waals surface area contributed by atoms with Crippen LogP contribution in [0.3, 0.4) is 0 Å². The van der Waals surface area contributed by atoms with E-state index < -0.39 is 0 Å². The van der Waals surface area contributed by atoms with Crippen molar-refractivity contribution in [3.63, 3.8) is 0 Å². The molecule has 0 radical (unpaired) electrons. The maximum Gasteiger partial charge on any atom is 0.263 e. The highest BCUT2D eigenvalue weighted by Gasteiger charge is 2.35. The minimum Gasteiger partial charge on any atom is -0.337 e. The summed E-state index contributed by atoms with van der Waals surface area (Å²) in [6, 6.07) is 3.67. The molecular weight excluding hydrogens is 394 g/mol. The topological polar surface area (TPSA) is 79.4 Å². The number of likely N-dealkylation sites (tertiary alicyclic amines) is 1. The Morgan fingerprint density at radius 1 is 1.32 bits per heavy atom. The molecule has 0 saturated carbocycles. The highest BCUT2D eigenvalue weighted by atomic mass is 32.1. The number of aromatic nitrogens is 1. The van der Waals surface area contributed by atoms with Crippen molar-refractivity contribution < 1.29 is 14.4 Å². The molecule has 148 valence electrons. The average molecular weight is 418 g/mol. The number of amides is 2. The van der Waals surface area contributed by atoms with E-state index >= 15 is 0 Å². The molecule has 1 unspecified atom stereocenters. The molecule has 0 aromatic carbocycles. The zero-order valence-corrected chi connectivity index (χ0v) is 17.6. The fraction of sp³-hybridized carbons (Fsp3) is 0.500. The lowest BCUT2D eigenvalue weighted by atomic mass is 9.78. The van der Waals surface area contributed by atoms with Gasteiger partial charge in [0, 0.05) is 19.5 Å². The van der Waals surface area contributed by atoms with Crippen LogP contribution in [-0.4, -0.2) is 40.6 Å². The van der Waals surface area contributed by atoms with Crippen molar-refractivity contribution in [2.24, 2.45) is 11.3 Å². The molecule has 0 bridgehead atoms. The highest BCUT2D eigenvalue weighted by Crippen LogP contribution is 2.38. The van der Waals surface area contributed by atoms with Crippen LogP contribution < -0.4 is 5.32 Å². The normalized spacial score (nSPS) is 21.3. The smallest absolute Gasteiger partial charge is 0.263 e. The molecule has 28 heavy (non-hydrogen) atoms. The Kier molecular flexibility index (Phi) is 5.09. The zero-order valence-electron chi connectivity index (χ0n) is 16.0. The van der Waals surface area contributed by atoms with Gasteiger partial charge in [0.05, 0.1) is 21.4 Å². The SMILES string of the molecule is CC1(C)CC(=O)c2sc(NC(=O)C3CCCN(C(=O)c4cccs4)C3)nc2C1. The van der Waals surface area contributed by atoms with Gasteiger partial charge in [-0.25, -0.2) is 4.98 Å². The van der Waals surface area contributed by atoms with Crippen LogP contribution in [-0.2, 0) is 11.2 Å². The van der Waals surface area contributed by atoms with Crippen molar-refractivity contribution in [3.8, 4) is 0 Å². The molecule has 2 amide bonds. The molecule has 8 heteroatoms. The molecule has 2 aromatic rings. The molecular formula is C20H23N3O3S2. The monoisotopic (exact) mass is 417 g/mol. The lowest BCUT2D eigenvalue weighted by Gasteiger charge is -2.31. The number of piperidine rings is 1. The lowest BCUT2D eigenvalue weighted by Crippen LogP contribution is -2.43. The van der Waals surface area contributed by atoms with E-state index in [4.69, 9.17) is 0 Å². The van der Waals surface area contributed by atoms with Crippen molar-refractivity contribution >= 4 is 45.4 Å². The summed E-state index contributed by atoms with van der Waals surface area (Å²) in [6.45, 7) is 5.22. The predicted octanol–water partition coefficient (Wildman–Crippen LogP) is 3.85. The van der Waals surface area contributed by atoms with Crippen molar-refractivity contribution in [3.05, 3.63) is 33.0 Å². The summed E-state index contributed by atoms with van der Waals surface area (Å²) in [6.07, 6.45) is 2.80. The van der Waals surface area contributed by atoms with Gasteiger partial charge < -0.3 is 10.2 Å². The lowest BCUT2D eigenvalue weighted by molar-refractivity contribution is -0.121. The number of thiophene rings is 1. The molecule has 1 aliphatic heterocycles. The second kappa shape index (κ2) is 7.40. The van der Waals surface area contributed by atoms with Gasteiger partial charge in [-0.15, -0.1) is 11.3 Å². The van der Waals surface area contributed by atoms with Crippen molar-refractivity contribution in [1.29, 1.82) is 0 Å². The zero-order chi connectivity index (χ0) is 19.9. The maximum atomic E-state index is 12.8. The van der Waals surface area contributed by atoms with Crippen molar-refractivity contribution in [1.82, 2.24) is 9.88 Å². The molecule has 4 rings (SSSR count). The van der Waals surface area contributed by atoms with Gasteiger partial charge in [0.1, 0.15) is 0 Å². The average Bonchev–Trinajstić information content (AvgIpc) is 3.30. The van der Waals surface area contributed by atoms with Gasteiger partial charge in [0.25, 0.3) is 5.91 Å². The Hall–Kier alpha value is -2.06. The number of fused-ring (bicyclic) bond motifs is 1. The quantitative estimate of drug-likeness (QED) is 0.823. The summed E-state index contributed by atoms with van der Waals surface area (Å²) in [7, 11) is 0. The number of nitrogens with one attached hydrogen (secondary N) is 1. The first kappa shape index (κ1) is 19.3. The second-order valence-corrected chi connectivity index (χ2v) is 10.2. The van der Waals surface area contributed by atoms with Crippen LogP contribution >= 0.6 is 22.7 Å². The molecule has 1 aliphatic carbocycles. The fourth-order valence-corrected chi connectivity index (χ4v) is 5.53. The summed E-state index contributed by atoms with van der Waals surface area (Å²) in [5.74, 6) is -0.285. The van der Waals surface area contributed by atoms with E-state index in [9.17, 15) is 14.4 Å². The number of ketones is 1. The van der Waals surface area contributed by atoms with Gasteiger partial charge in [-0.3, -0.25) is 14.4 Å². The van der Waals surface area contributed by atoms with Crippen molar-refractivity contribution in [2.45, 2.75) is 39.5 Å². The van der Waals surface area contributed by atoms with Crippen LogP contribution in [0, 0.1) is 11.3 Å². The van der Waals surface area contributed by atoms with Crippen LogP contribution in [0.2, 0.25) is 0 Å². The van der Waals surface area contributed by atoms with E-state index in [0.29, 0.717) is 34.4 Å². The van der Waals surface area contributed by atoms with E-state index in [1.807, 2.05) is 17.5 Å². The third-order valence-corrected chi connectivity index (χ3v) is 7.19. The Bertz CT molecular complexity index is 917. The summed E-state index contributed by atoms with van der Waals surface area (Å²) in [5, 5.41) is 5.26. The van der Waals surface area contributed by atoms with E-state index in [0.717, 1.165) is 25.0 Å². The third kappa shape index (κ3) is 3.89. The molecule has 1 fully saturated rings. The third-order valence-electron chi connectivity index (χ3n) is 5.28. The Balaban J connectivity index is 1.43. The first-order valence-electron chi connectivity index (χ1n) is 9.49. The Labute approximate surface area is 172 Å². The van der Waals surface area contributed by atoms with Crippen LogP contribution in [0.1, 0.15) is 58.1 Å². The van der Waals surface area contributed by atoms with Crippen LogP contribution in [0.4, 0.5) is 5.13 Å². The first-order chi connectivity index (χ1) is 13.3. The molecule has 1 atom stereocenters. The minimum atomic E-state index is -0.259. The summed E-state index contributed by atoms with van der Waals surface area (Å²) < 4.78 is 0. The van der Waals surface area contributed by atoms with Gasteiger partial charge in [-0.05, 0) is 36.1 Å². The van der Waals surface area contributed by atoms with Crippen molar-refractivity contribution in [2.75, 3.05) is 18.4 Å². The molecule has 1 saturated heterocycles. The number of anilines is 1. The van der Waals surface area contributed by atoms with Gasteiger partial charge in [-0.2, -0.15) is 0 Å². The standard InChI is InChI=1S/C20H23N3O3S2/c1-20(2)9-13-16(14(24)10-20)28-19(21-13)22-17(25)12-5-3-7-23(11-12)18(26)15-6-4-8-27-15/h4,6,8,12H,3,5,7,9-11H2,1-2H3,(H,21,22,25). The largest absolute Gasteiger partial charge is 0.337 e. The Morgan fingerprint density at radius 3 is 2.89 bits per heavy atom. The van der Waals surface area contributed by atoms with E-state index in [1.165, 1.54) is 22.7 Å². The summed E-state index contributed by atoms with van der Waals surface area (Å²) in [4.78, 5) is 45.4. The fourth-order valence-electron chi connectivity index (χ4n) is 3.91. The number of rotatable bonds is 3. The number of thiazole rings is 1. The summed E-state index contributed by atoms with van der Waals surface area (Å²) >= 11 is 2.69. The van der Waals surface area contributed by atoms with E-state index in [2.05, 4.69) is 24.1 Å². The minimum absolute atomic E-state index is 0.00922. The first-order valence-corrected chi connectivity index (χ1v) is 11.2. The molecule has 0 spiro atoms.